The lowest BCUT2D eigenvalue weighted by Crippen LogP contribution is -2.61. The average molecular weight is 601 g/mol. The SMILES string of the molecule is CCN(CC)[Si](C)(CC(C)[Si](OC)(OC)OC)O[Si](C)(C)CC[Si]CNCCC[Si](OC)(OC)OC. The van der Waals surface area contributed by atoms with Crippen molar-refractivity contribution in [3.05, 3.63) is 0 Å². The van der Waals surface area contributed by atoms with E-state index in [4.69, 9.17) is 30.7 Å². The predicted molar refractivity (Wildman–Crippen MR) is 159 cm³/mol. The summed E-state index contributed by atoms with van der Waals surface area (Å²) >= 11 is 0. The molecule has 0 saturated carbocycles. The molecule has 0 fully saturated rings. The van der Waals surface area contributed by atoms with Gasteiger partial charge >= 0.3 is 17.6 Å². The number of nitrogens with one attached hydrogen (secondary N) is 1. The quantitative estimate of drug-likeness (QED) is 0.139. The largest absolute Gasteiger partial charge is 0.502 e. The molecule has 0 aliphatic heterocycles. The monoisotopic (exact) mass is 600 g/mol. The van der Waals surface area contributed by atoms with E-state index in [1.807, 2.05) is 0 Å². The van der Waals surface area contributed by atoms with Crippen molar-refractivity contribution in [2.45, 2.75) is 76.6 Å². The fraction of sp³-hybridized carbons (Fsp3) is 1.00. The van der Waals surface area contributed by atoms with Gasteiger partial charge in [0.05, 0.1) is 9.52 Å². The van der Waals surface area contributed by atoms with Gasteiger partial charge in [0.1, 0.15) is 0 Å². The van der Waals surface area contributed by atoms with Crippen LogP contribution in [0.5, 0.6) is 0 Å². The summed E-state index contributed by atoms with van der Waals surface area (Å²) in [6.45, 7) is 16.7. The smallest absolute Gasteiger partial charge is 0.444 e. The van der Waals surface area contributed by atoms with E-state index in [0.29, 0.717) is 0 Å². The second-order valence-electron chi connectivity index (χ2n) is 9.86. The van der Waals surface area contributed by atoms with E-state index in [0.717, 1.165) is 53.8 Å². The molecule has 0 aromatic rings. The van der Waals surface area contributed by atoms with Gasteiger partial charge < -0.3 is 40.6 Å². The molecule has 0 bridgehead atoms. The fourth-order valence-electron chi connectivity index (χ4n) is 4.96. The topological polar surface area (TPSA) is 79.9 Å². The standard InChI is InChI=1S/C22H56N2O7Si5/c1-13-24(14-2)34(12,20-22(3)36(28-7,29-8)30-9)31-33(10,11)19-17-32-21-23-16-15-18-35(25-4,26-5)27-6/h22-23H,13-21H2,1-12H3. The van der Waals surface area contributed by atoms with E-state index in [9.17, 15) is 0 Å². The van der Waals surface area contributed by atoms with Crippen LogP contribution in [0.25, 0.3) is 0 Å². The van der Waals surface area contributed by atoms with Crippen LogP contribution in [0.3, 0.4) is 0 Å². The molecule has 0 rings (SSSR count). The molecular weight excluding hydrogens is 545 g/mol. The first-order valence-corrected chi connectivity index (χ1v) is 23.9. The van der Waals surface area contributed by atoms with Crippen LogP contribution in [0.1, 0.15) is 27.2 Å². The van der Waals surface area contributed by atoms with E-state index in [-0.39, 0.29) is 5.54 Å². The van der Waals surface area contributed by atoms with Gasteiger partial charge in [-0.05, 0) is 64.0 Å². The molecule has 0 spiro atoms. The van der Waals surface area contributed by atoms with Crippen LogP contribution in [-0.2, 0) is 30.7 Å². The molecule has 0 amide bonds. The highest BCUT2D eigenvalue weighted by Crippen LogP contribution is 2.36. The summed E-state index contributed by atoms with van der Waals surface area (Å²) in [4.78, 5) is 0. The minimum absolute atomic E-state index is 0.168. The first kappa shape index (κ1) is 36.7. The van der Waals surface area contributed by atoms with Crippen LogP contribution in [0, 0.1) is 0 Å². The van der Waals surface area contributed by atoms with Gasteiger partial charge in [0.15, 0.2) is 8.32 Å². The number of hydrogen-bond acceptors (Lipinski definition) is 9. The minimum Gasteiger partial charge on any atom is -0.444 e. The van der Waals surface area contributed by atoms with Gasteiger partial charge in [-0.3, -0.25) is 0 Å². The molecule has 0 aromatic heterocycles. The highest BCUT2D eigenvalue weighted by Gasteiger charge is 2.51. The summed E-state index contributed by atoms with van der Waals surface area (Å²) in [6, 6.07) is 4.13. The molecule has 36 heavy (non-hydrogen) atoms. The highest BCUT2D eigenvalue weighted by atomic mass is 28.4. The van der Waals surface area contributed by atoms with Crippen molar-refractivity contribution in [1.82, 2.24) is 9.88 Å². The Hall–Kier alpha value is 0.724. The predicted octanol–water partition coefficient (Wildman–Crippen LogP) is 3.83. The molecule has 2 radical (unpaired) electrons. The van der Waals surface area contributed by atoms with Crippen LogP contribution < -0.4 is 5.32 Å². The molecule has 216 valence electrons. The van der Waals surface area contributed by atoms with E-state index in [1.54, 1.807) is 42.7 Å². The maximum Gasteiger partial charge on any atom is 0.502 e. The lowest BCUT2D eigenvalue weighted by atomic mass is 10.5. The maximum absolute atomic E-state index is 7.19. The Morgan fingerprint density at radius 3 is 1.78 bits per heavy atom. The molecule has 0 heterocycles. The summed E-state index contributed by atoms with van der Waals surface area (Å²) in [5, 5.41) is 3.57. The molecule has 0 aromatic carbocycles. The number of nitrogens with zero attached hydrogens (tertiary/aromatic N) is 1. The van der Waals surface area contributed by atoms with Crippen molar-refractivity contribution < 1.29 is 30.7 Å². The van der Waals surface area contributed by atoms with Gasteiger partial charge in [0, 0.05) is 54.2 Å². The minimum atomic E-state index is -2.73. The first-order chi connectivity index (χ1) is 16.9. The Kier molecular flexibility index (Phi) is 18.5. The third-order valence-electron chi connectivity index (χ3n) is 6.99. The van der Waals surface area contributed by atoms with E-state index in [1.165, 1.54) is 12.1 Å². The van der Waals surface area contributed by atoms with Crippen LogP contribution in [0.15, 0.2) is 0 Å². The third-order valence-corrected chi connectivity index (χ3v) is 23.7. The van der Waals surface area contributed by atoms with Crippen LogP contribution >= 0.6 is 0 Å². The Morgan fingerprint density at radius 1 is 0.806 bits per heavy atom. The summed E-state index contributed by atoms with van der Waals surface area (Å²) in [6.07, 6.45) is 2.02. The Bertz CT molecular complexity index is 554. The molecule has 1 N–H and O–H groups in total. The van der Waals surface area contributed by atoms with Gasteiger partial charge in [-0.1, -0.05) is 26.8 Å². The zero-order valence-corrected chi connectivity index (χ0v) is 30.2. The normalized spacial score (nSPS) is 15.9. The van der Waals surface area contributed by atoms with Gasteiger partial charge in [-0.25, -0.2) is 0 Å². The Balaban J connectivity index is 4.88. The van der Waals surface area contributed by atoms with Gasteiger partial charge in [0.25, 0.3) is 8.48 Å². The van der Waals surface area contributed by atoms with Crippen molar-refractivity contribution in [2.24, 2.45) is 0 Å². The lowest BCUT2D eigenvalue weighted by Gasteiger charge is -2.45. The zero-order chi connectivity index (χ0) is 27.9. The van der Waals surface area contributed by atoms with Crippen LogP contribution in [0.2, 0.25) is 49.4 Å². The van der Waals surface area contributed by atoms with Crippen LogP contribution in [0.4, 0.5) is 0 Å². The van der Waals surface area contributed by atoms with E-state index in [2.05, 4.69) is 50.3 Å². The molecule has 2 atom stereocenters. The van der Waals surface area contributed by atoms with Crippen molar-refractivity contribution in [3.8, 4) is 0 Å². The molecule has 14 heteroatoms. The Labute approximate surface area is 229 Å². The van der Waals surface area contributed by atoms with Gasteiger partial charge in [-0.2, -0.15) is 0 Å². The summed E-state index contributed by atoms with van der Waals surface area (Å²) in [5.74, 6) is 0. The Morgan fingerprint density at radius 2 is 1.33 bits per heavy atom. The second-order valence-corrected chi connectivity index (χ2v) is 25.9. The number of rotatable bonds is 23. The summed E-state index contributed by atoms with van der Waals surface area (Å²) in [5.41, 5.74) is 0.168. The average Bonchev–Trinajstić information content (AvgIpc) is 2.85. The molecule has 0 aliphatic carbocycles. The summed E-state index contributed by atoms with van der Waals surface area (Å²) < 4.78 is 43.7. The van der Waals surface area contributed by atoms with E-state index < -0.39 is 34.4 Å². The third kappa shape index (κ3) is 11.5. The molecular formula is C22H56N2O7Si5. The first-order valence-electron chi connectivity index (χ1n) is 13.1. The van der Waals surface area contributed by atoms with Gasteiger partial charge in [-0.15, -0.1) is 0 Å². The van der Waals surface area contributed by atoms with Crippen LogP contribution in [-0.4, -0.2) is 117 Å². The molecule has 0 saturated heterocycles. The second kappa shape index (κ2) is 18.1. The van der Waals surface area contributed by atoms with Gasteiger partial charge in [0.2, 0.25) is 0 Å². The summed E-state index contributed by atoms with van der Waals surface area (Å²) in [7, 11) is 1.74. The van der Waals surface area contributed by atoms with Crippen molar-refractivity contribution in [1.29, 1.82) is 0 Å². The van der Waals surface area contributed by atoms with Crippen molar-refractivity contribution >= 4 is 43.9 Å². The maximum atomic E-state index is 7.19. The fourth-order valence-corrected chi connectivity index (χ4v) is 22.9. The van der Waals surface area contributed by atoms with E-state index >= 15 is 0 Å². The highest BCUT2D eigenvalue weighted by molar-refractivity contribution is 6.85. The van der Waals surface area contributed by atoms with Crippen molar-refractivity contribution in [3.63, 3.8) is 0 Å². The zero-order valence-electron chi connectivity index (χ0n) is 25.2. The molecule has 0 aliphatic rings. The molecule has 9 nitrogen and oxygen atoms in total. The lowest BCUT2D eigenvalue weighted by molar-refractivity contribution is 0.114. The van der Waals surface area contributed by atoms with Crippen molar-refractivity contribution in [2.75, 3.05) is 68.5 Å². The number of hydrogen-bond donors (Lipinski definition) is 1. The molecule has 2 unspecified atom stereocenters.